The molecule has 12 heteroatoms. The number of halogens is 3. The van der Waals surface area contributed by atoms with Crippen molar-refractivity contribution in [2.45, 2.75) is 78.1 Å². The van der Waals surface area contributed by atoms with Crippen molar-refractivity contribution in [1.82, 2.24) is 21.2 Å². The molecule has 1 saturated carbocycles. The zero-order valence-electron chi connectivity index (χ0n) is 21.8. The highest BCUT2D eigenvalue weighted by molar-refractivity contribution is 5.94. The number of hydrazine groups is 1. The Morgan fingerprint density at radius 1 is 1.11 bits per heavy atom. The van der Waals surface area contributed by atoms with Crippen LogP contribution in [0.5, 0.6) is 5.75 Å². The molecular formula is C26H35F3N4O5. The number of rotatable bonds is 9. The van der Waals surface area contributed by atoms with Gasteiger partial charge in [-0.1, -0.05) is 32.4 Å². The fourth-order valence-electron chi connectivity index (χ4n) is 4.24. The number of nitrogens with one attached hydrogen (secondary N) is 3. The summed E-state index contributed by atoms with van der Waals surface area (Å²) in [7, 11) is 0. The molecule has 2 aliphatic rings. The molecule has 1 aromatic rings. The first-order valence-electron chi connectivity index (χ1n) is 12.7. The first-order chi connectivity index (χ1) is 17.8. The highest BCUT2D eigenvalue weighted by Crippen LogP contribution is 2.29. The molecule has 0 spiro atoms. The average molecular weight is 541 g/mol. The summed E-state index contributed by atoms with van der Waals surface area (Å²) in [4.78, 5) is 43.0. The second kappa shape index (κ2) is 12.4. The zero-order chi connectivity index (χ0) is 27.9. The molecule has 1 aromatic carbocycles. The van der Waals surface area contributed by atoms with Crippen LogP contribution in [0.1, 0.15) is 76.1 Å². The molecule has 3 amide bonds. The van der Waals surface area contributed by atoms with E-state index in [1.54, 1.807) is 6.20 Å². The Labute approximate surface area is 220 Å². The molecule has 3 N–H and O–H groups in total. The molecule has 0 aromatic heterocycles. The molecule has 0 radical (unpaired) electrons. The number of carbonyl (C=O) groups excluding carboxylic acids is 3. The normalized spacial score (nSPS) is 19.6. The molecule has 3 rings (SSSR count). The smallest absolute Gasteiger partial charge is 0.406 e. The SMILES string of the molecule is CC(C)(C)C1=CNN(C(=O)CCCCNC(=O)C2CCC[C@H](NC(=O)c3ccc(OC(F)(F)F)cc3)C2)O1. The molecule has 38 heavy (non-hydrogen) atoms. The number of benzene rings is 1. The summed E-state index contributed by atoms with van der Waals surface area (Å²) < 4.78 is 40.7. The van der Waals surface area contributed by atoms with E-state index in [0.29, 0.717) is 44.4 Å². The average Bonchev–Trinajstić information content (AvgIpc) is 3.34. The number of hydrogen-bond donors (Lipinski definition) is 3. The summed E-state index contributed by atoms with van der Waals surface area (Å²) in [5, 5.41) is 6.91. The molecule has 2 atom stereocenters. The summed E-state index contributed by atoms with van der Waals surface area (Å²) in [6, 6.07) is 4.49. The van der Waals surface area contributed by atoms with E-state index in [1.165, 1.54) is 12.1 Å². The lowest BCUT2D eigenvalue weighted by molar-refractivity contribution is -0.274. The summed E-state index contributed by atoms with van der Waals surface area (Å²) in [6.45, 7) is 6.39. The Morgan fingerprint density at radius 3 is 2.45 bits per heavy atom. The molecule has 1 fully saturated rings. The highest BCUT2D eigenvalue weighted by Gasteiger charge is 2.32. The van der Waals surface area contributed by atoms with Crippen LogP contribution in [0.15, 0.2) is 36.2 Å². The number of ether oxygens (including phenoxy) is 1. The van der Waals surface area contributed by atoms with Crippen LogP contribution in [0.4, 0.5) is 13.2 Å². The minimum atomic E-state index is -4.80. The topological polar surface area (TPSA) is 109 Å². The number of hydroxylamine groups is 1. The first kappa shape index (κ1) is 29.1. The molecule has 1 aliphatic heterocycles. The third-order valence-corrected chi connectivity index (χ3v) is 6.32. The summed E-state index contributed by atoms with van der Waals surface area (Å²) in [6.07, 6.45) is 1.03. The van der Waals surface area contributed by atoms with Crippen LogP contribution in [-0.2, 0) is 14.4 Å². The number of amides is 3. The van der Waals surface area contributed by atoms with Crippen molar-refractivity contribution in [1.29, 1.82) is 0 Å². The molecule has 9 nitrogen and oxygen atoms in total. The van der Waals surface area contributed by atoms with Gasteiger partial charge in [0.25, 0.3) is 11.8 Å². The number of allylic oxidation sites excluding steroid dienone is 1. The lowest BCUT2D eigenvalue weighted by Crippen LogP contribution is -2.42. The Balaban J connectivity index is 1.34. The minimum absolute atomic E-state index is 0.0903. The summed E-state index contributed by atoms with van der Waals surface area (Å²) in [5.74, 6) is -0.676. The van der Waals surface area contributed by atoms with Gasteiger partial charge >= 0.3 is 6.36 Å². The van der Waals surface area contributed by atoms with Gasteiger partial charge in [0, 0.05) is 35.9 Å². The summed E-state index contributed by atoms with van der Waals surface area (Å²) >= 11 is 0. The van der Waals surface area contributed by atoms with Crippen LogP contribution in [0.25, 0.3) is 0 Å². The van der Waals surface area contributed by atoms with E-state index in [4.69, 9.17) is 4.84 Å². The van der Waals surface area contributed by atoms with Gasteiger partial charge in [0.2, 0.25) is 5.91 Å². The Morgan fingerprint density at radius 2 is 1.82 bits per heavy atom. The molecule has 210 valence electrons. The van der Waals surface area contributed by atoms with Gasteiger partial charge in [-0.15, -0.1) is 13.2 Å². The van der Waals surface area contributed by atoms with Crippen molar-refractivity contribution in [3.63, 3.8) is 0 Å². The van der Waals surface area contributed by atoms with Gasteiger partial charge in [-0.2, -0.15) is 0 Å². The molecular weight excluding hydrogens is 505 g/mol. The van der Waals surface area contributed by atoms with E-state index in [0.717, 1.165) is 23.7 Å². The van der Waals surface area contributed by atoms with E-state index in [-0.39, 0.29) is 41.2 Å². The van der Waals surface area contributed by atoms with Crippen molar-refractivity contribution in [3.05, 3.63) is 41.8 Å². The summed E-state index contributed by atoms with van der Waals surface area (Å²) in [5.41, 5.74) is 2.80. The van der Waals surface area contributed by atoms with Gasteiger partial charge < -0.3 is 20.2 Å². The number of nitrogens with zero attached hydrogens (tertiary/aromatic N) is 1. The van der Waals surface area contributed by atoms with E-state index >= 15 is 0 Å². The van der Waals surface area contributed by atoms with Gasteiger partial charge in [0.15, 0.2) is 5.76 Å². The number of carbonyl (C=O) groups is 3. The Kier molecular flexibility index (Phi) is 9.50. The van der Waals surface area contributed by atoms with E-state index < -0.39 is 18.0 Å². The van der Waals surface area contributed by atoms with Crippen LogP contribution in [0.3, 0.4) is 0 Å². The minimum Gasteiger partial charge on any atom is -0.406 e. The van der Waals surface area contributed by atoms with Gasteiger partial charge in [-0.05, 0) is 56.4 Å². The Bertz CT molecular complexity index is 1020. The van der Waals surface area contributed by atoms with Crippen LogP contribution < -0.4 is 20.8 Å². The maximum Gasteiger partial charge on any atom is 0.573 e. The number of alkyl halides is 3. The van der Waals surface area contributed by atoms with Gasteiger partial charge in [-0.3, -0.25) is 19.8 Å². The van der Waals surface area contributed by atoms with Crippen molar-refractivity contribution < 1.29 is 37.1 Å². The van der Waals surface area contributed by atoms with Gasteiger partial charge in [0.1, 0.15) is 5.75 Å². The van der Waals surface area contributed by atoms with Crippen molar-refractivity contribution in [2.75, 3.05) is 6.54 Å². The molecule has 0 saturated heterocycles. The standard InChI is InChI=1S/C26H35F3N4O5/c1-25(2,3)21-16-31-33(38-21)22(34)9-4-5-14-30-23(35)18-7-6-8-19(15-18)32-24(36)17-10-12-20(13-11-17)37-26(27,28)29/h10-13,16,18-19,31H,4-9,14-15H2,1-3H3,(H,30,35)(H,32,36)/t18?,19-/m0/s1. The van der Waals surface area contributed by atoms with Crippen LogP contribution in [0.2, 0.25) is 0 Å². The zero-order valence-corrected chi connectivity index (χ0v) is 21.8. The fraction of sp³-hybridized carbons (Fsp3) is 0.577. The number of hydrogen-bond acceptors (Lipinski definition) is 6. The largest absolute Gasteiger partial charge is 0.573 e. The quantitative estimate of drug-likeness (QED) is 0.403. The second-order valence-electron chi connectivity index (χ2n) is 10.5. The van der Waals surface area contributed by atoms with Crippen molar-refractivity contribution in [3.8, 4) is 5.75 Å². The predicted molar refractivity (Wildman–Crippen MR) is 132 cm³/mol. The van der Waals surface area contributed by atoms with E-state index in [9.17, 15) is 27.6 Å². The maximum absolute atomic E-state index is 12.6. The molecule has 1 heterocycles. The number of unbranched alkanes of at least 4 members (excludes halogenated alkanes) is 1. The van der Waals surface area contributed by atoms with Gasteiger partial charge in [-0.25, -0.2) is 0 Å². The fourth-order valence-corrected chi connectivity index (χ4v) is 4.24. The van der Waals surface area contributed by atoms with Crippen molar-refractivity contribution >= 4 is 17.7 Å². The predicted octanol–water partition coefficient (Wildman–Crippen LogP) is 4.33. The first-order valence-corrected chi connectivity index (χ1v) is 12.7. The molecule has 0 bridgehead atoms. The maximum atomic E-state index is 12.6. The Hall–Kier alpha value is -3.44. The van der Waals surface area contributed by atoms with Crippen LogP contribution >= 0.6 is 0 Å². The third-order valence-electron chi connectivity index (χ3n) is 6.32. The van der Waals surface area contributed by atoms with E-state index in [1.807, 2.05) is 20.8 Å². The lowest BCUT2D eigenvalue weighted by atomic mass is 9.85. The highest BCUT2D eigenvalue weighted by atomic mass is 19.4. The third kappa shape index (κ3) is 8.84. The molecule has 1 unspecified atom stereocenters. The lowest BCUT2D eigenvalue weighted by Gasteiger charge is -2.29. The van der Waals surface area contributed by atoms with Crippen molar-refractivity contribution in [2.24, 2.45) is 11.3 Å². The monoisotopic (exact) mass is 540 g/mol. The van der Waals surface area contributed by atoms with Crippen LogP contribution in [0, 0.1) is 11.3 Å². The van der Waals surface area contributed by atoms with Gasteiger partial charge in [0.05, 0.1) is 6.20 Å². The second-order valence-corrected chi connectivity index (χ2v) is 10.5. The molecule has 1 aliphatic carbocycles. The van der Waals surface area contributed by atoms with E-state index in [2.05, 4.69) is 20.8 Å². The van der Waals surface area contributed by atoms with Crippen LogP contribution in [-0.4, -0.2) is 41.8 Å².